The minimum Gasteiger partial charge on any atom is -0.492 e. The Morgan fingerprint density at radius 2 is 1.68 bits per heavy atom. The second-order valence-corrected chi connectivity index (χ2v) is 6.67. The van der Waals surface area contributed by atoms with Gasteiger partial charge < -0.3 is 10.1 Å². The van der Waals surface area contributed by atoms with Crippen molar-refractivity contribution in [2.45, 2.75) is 5.75 Å². The number of ether oxygens (including phenoxy) is 1. The van der Waals surface area contributed by atoms with E-state index >= 15 is 0 Å². The lowest BCUT2D eigenvalue weighted by Crippen LogP contribution is -2.29. The van der Waals surface area contributed by atoms with Gasteiger partial charge in [-0.15, -0.1) is 11.8 Å². The summed E-state index contributed by atoms with van der Waals surface area (Å²) in [7, 11) is 0. The highest BCUT2D eigenvalue weighted by Crippen LogP contribution is 2.20. The molecule has 0 aliphatic heterocycles. The Hall–Kier alpha value is -2.46. The van der Waals surface area contributed by atoms with E-state index in [-0.39, 0.29) is 5.91 Å². The smallest absolute Gasteiger partial charge is 0.230 e. The number of benzene rings is 3. The number of hydrogen-bond acceptors (Lipinski definition) is 3. The lowest BCUT2D eigenvalue weighted by atomic mass is 10.1. The summed E-state index contributed by atoms with van der Waals surface area (Å²) < 4.78 is 5.72. The minimum atomic E-state index is 0.0445. The molecule has 0 radical (unpaired) electrons. The van der Waals surface area contributed by atoms with Gasteiger partial charge in [-0.1, -0.05) is 60.7 Å². The third-order valence-corrected chi connectivity index (χ3v) is 4.76. The summed E-state index contributed by atoms with van der Waals surface area (Å²) in [5.41, 5.74) is 1.24. The molecule has 3 aromatic carbocycles. The summed E-state index contributed by atoms with van der Waals surface area (Å²) >= 11 is 1.62. The zero-order chi connectivity index (χ0) is 17.3. The maximum absolute atomic E-state index is 11.8. The molecule has 0 fully saturated rings. The van der Waals surface area contributed by atoms with Gasteiger partial charge in [0.2, 0.25) is 5.91 Å². The molecule has 4 heteroatoms. The number of nitrogens with one attached hydrogen (secondary N) is 1. The topological polar surface area (TPSA) is 38.3 Å². The van der Waals surface area contributed by atoms with Crippen molar-refractivity contribution in [3.05, 3.63) is 78.4 Å². The average Bonchev–Trinajstić information content (AvgIpc) is 2.66. The fraction of sp³-hybridized carbons (Fsp3) is 0.190. The summed E-state index contributed by atoms with van der Waals surface area (Å²) in [4.78, 5) is 11.8. The quantitative estimate of drug-likeness (QED) is 0.616. The Balaban J connectivity index is 1.34. The number of carbonyl (C=O) groups excluding carboxylic acids is 1. The van der Waals surface area contributed by atoms with Crippen molar-refractivity contribution in [2.24, 2.45) is 0 Å². The van der Waals surface area contributed by atoms with E-state index < -0.39 is 0 Å². The van der Waals surface area contributed by atoms with Crippen LogP contribution in [0.25, 0.3) is 10.8 Å². The molecule has 0 aliphatic rings. The molecule has 0 bridgehead atoms. The molecular weight excluding hydrogens is 330 g/mol. The predicted molar refractivity (Wildman–Crippen MR) is 105 cm³/mol. The fourth-order valence-corrected chi connectivity index (χ4v) is 3.32. The van der Waals surface area contributed by atoms with Crippen LogP contribution in [0.2, 0.25) is 0 Å². The van der Waals surface area contributed by atoms with Gasteiger partial charge in [0.05, 0.1) is 12.3 Å². The molecule has 3 aromatic rings. The van der Waals surface area contributed by atoms with Gasteiger partial charge in [-0.3, -0.25) is 4.79 Å². The molecule has 3 nitrogen and oxygen atoms in total. The van der Waals surface area contributed by atoms with Crippen molar-refractivity contribution in [2.75, 3.05) is 18.9 Å². The summed E-state index contributed by atoms with van der Waals surface area (Å²) in [6.45, 7) is 0.977. The Labute approximate surface area is 152 Å². The van der Waals surface area contributed by atoms with Crippen LogP contribution >= 0.6 is 11.8 Å². The number of amides is 1. The first-order valence-electron chi connectivity index (χ1n) is 8.31. The van der Waals surface area contributed by atoms with Crippen molar-refractivity contribution >= 4 is 28.4 Å². The molecule has 1 N–H and O–H groups in total. The van der Waals surface area contributed by atoms with Gasteiger partial charge in [0.1, 0.15) is 12.4 Å². The third kappa shape index (κ3) is 5.54. The Morgan fingerprint density at radius 3 is 2.52 bits per heavy atom. The second-order valence-electron chi connectivity index (χ2n) is 5.69. The maximum Gasteiger partial charge on any atom is 0.230 e. The number of carbonyl (C=O) groups is 1. The minimum absolute atomic E-state index is 0.0445. The van der Waals surface area contributed by atoms with Gasteiger partial charge in [0, 0.05) is 5.75 Å². The van der Waals surface area contributed by atoms with Crippen LogP contribution in [0, 0.1) is 0 Å². The molecule has 3 rings (SSSR count). The predicted octanol–water partition coefficient (Wildman–Crippen LogP) is 4.27. The number of fused-ring (bicyclic) bond motifs is 1. The second kappa shape index (κ2) is 9.14. The highest BCUT2D eigenvalue weighted by molar-refractivity contribution is 7.99. The molecule has 0 atom stereocenters. The number of thioether (sulfide) groups is 1. The fourth-order valence-electron chi connectivity index (χ4n) is 2.50. The zero-order valence-electron chi connectivity index (χ0n) is 14.0. The van der Waals surface area contributed by atoms with Crippen LogP contribution in [0.4, 0.5) is 0 Å². The monoisotopic (exact) mass is 351 g/mol. The Morgan fingerprint density at radius 1 is 0.920 bits per heavy atom. The van der Waals surface area contributed by atoms with E-state index in [4.69, 9.17) is 4.74 Å². The SMILES string of the molecule is O=C(CSCc1ccccc1)NCCOc1ccc2ccccc2c1. The first-order valence-corrected chi connectivity index (χ1v) is 9.47. The average molecular weight is 351 g/mol. The molecule has 0 heterocycles. The molecule has 0 aliphatic carbocycles. The standard InChI is InChI=1S/C21H21NO2S/c23-21(16-25-15-17-6-2-1-3-7-17)22-12-13-24-20-11-10-18-8-4-5-9-19(18)14-20/h1-11,14H,12-13,15-16H2,(H,22,23). The molecule has 25 heavy (non-hydrogen) atoms. The third-order valence-electron chi connectivity index (χ3n) is 3.76. The molecule has 0 spiro atoms. The van der Waals surface area contributed by atoms with Crippen LogP contribution in [-0.4, -0.2) is 24.8 Å². The van der Waals surface area contributed by atoms with Crippen LogP contribution < -0.4 is 10.1 Å². The van der Waals surface area contributed by atoms with Crippen LogP contribution in [0.5, 0.6) is 5.75 Å². The van der Waals surface area contributed by atoms with E-state index in [2.05, 4.69) is 29.6 Å². The van der Waals surface area contributed by atoms with E-state index in [9.17, 15) is 4.79 Å². The summed E-state index contributed by atoms with van der Waals surface area (Å²) in [5, 5.41) is 5.24. The van der Waals surface area contributed by atoms with E-state index in [1.165, 1.54) is 10.9 Å². The molecule has 0 saturated carbocycles. The molecule has 0 aromatic heterocycles. The lowest BCUT2D eigenvalue weighted by molar-refractivity contribution is -0.118. The van der Waals surface area contributed by atoms with Crippen LogP contribution in [0.15, 0.2) is 72.8 Å². The van der Waals surface area contributed by atoms with E-state index in [0.29, 0.717) is 18.9 Å². The first-order chi connectivity index (χ1) is 12.3. The van der Waals surface area contributed by atoms with Gasteiger partial charge in [-0.2, -0.15) is 0 Å². The molecule has 0 unspecified atom stereocenters. The molecular formula is C21H21NO2S. The van der Waals surface area contributed by atoms with Crippen LogP contribution in [0.3, 0.4) is 0 Å². The first kappa shape index (κ1) is 17.4. The summed E-state index contributed by atoms with van der Waals surface area (Å²) in [5.74, 6) is 2.18. The van der Waals surface area contributed by atoms with Crippen molar-refractivity contribution in [1.82, 2.24) is 5.32 Å². The van der Waals surface area contributed by atoms with Gasteiger partial charge >= 0.3 is 0 Å². The van der Waals surface area contributed by atoms with Crippen molar-refractivity contribution in [3.8, 4) is 5.75 Å². The number of hydrogen-bond donors (Lipinski definition) is 1. The Kier molecular flexibility index (Phi) is 6.35. The highest BCUT2D eigenvalue weighted by atomic mass is 32.2. The summed E-state index contributed by atoms with van der Waals surface area (Å²) in [6, 6.07) is 24.4. The van der Waals surface area contributed by atoms with Gasteiger partial charge in [-0.25, -0.2) is 0 Å². The van der Waals surface area contributed by atoms with Gasteiger partial charge in [0.15, 0.2) is 0 Å². The lowest BCUT2D eigenvalue weighted by Gasteiger charge is -2.09. The van der Waals surface area contributed by atoms with Crippen LogP contribution in [-0.2, 0) is 10.5 Å². The van der Waals surface area contributed by atoms with Gasteiger partial charge in [0.25, 0.3) is 0 Å². The summed E-state index contributed by atoms with van der Waals surface area (Å²) in [6.07, 6.45) is 0. The largest absolute Gasteiger partial charge is 0.492 e. The van der Waals surface area contributed by atoms with Crippen molar-refractivity contribution in [3.63, 3.8) is 0 Å². The molecule has 1 amide bonds. The van der Waals surface area contributed by atoms with Crippen molar-refractivity contribution in [1.29, 1.82) is 0 Å². The normalized spacial score (nSPS) is 10.6. The van der Waals surface area contributed by atoms with E-state index in [0.717, 1.165) is 16.9 Å². The highest BCUT2D eigenvalue weighted by Gasteiger charge is 2.02. The van der Waals surface area contributed by atoms with Crippen molar-refractivity contribution < 1.29 is 9.53 Å². The number of rotatable bonds is 8. The zero-order valence-corrected chi connectivity index (χ0v) is 14.8. The van der Waals surface area contributed by atoms with E-state index in [1.807, 2.05) is 48.5 Å². The Bertz CT molecular complexity index is 820. The van der Waals surface area contributed by atoms with Crippen LogP contribution in [0.1, 0.15) is 5.56 Å². The van der Waals surface area contributed by atoms with E-state index in [1.54, 1.807) is 11.8 Å². The maximum atomic E-state index is 11.8. The van der Waals surface area contributed by atoms with Gasteiger partial charge in [-0.05, 0) is 28.5 Å². The molecule has 128 valence electrons. The molecule has 0 saturated heterocycles.